The first-order valence-electron chi connectivity index (χ1n) is 15.3. The van der Waals surface area contributed by atoms with Crippen LogP contribution in [0.4, 0.5) is 0 Å². The Labute approximate surface area is 265 Å². The first kappa shape index (κ1) is 33.3. The predicted molar refractivity (Wildman–Crippen MR) is 155 cm³/mol. The second-order valence-corrected chi connectivity index (χ2v) is 12.1. The molecule has 0 unspecified atom stereocenters. The number of hydrogen-bond acceptors (Lipinski definition) is 13. The van der Waals surface area contributed by atoms with Crippen LogP contribution in [0.2, 0.25) is 0 Å². The number of hydrogen-bond donors (Lipinski definition) is 1. The van der Waals surface area contributed by atoms with Gasteiger partial charge in [-0.25, -0.2) is 0 Å². The average Bonchev–Trinajstić information content (AvgIpc) is 2.98. The van der Waals surface area contributed by atoms with E-state index in [4.69, 9.17) is 28.4 Å². The van der Waals surface area contributed by atoms with E-state index >= 15 is 0 Å². The number of esters is 4. The van der Waals surface area contributed by atoms with Crippen LogP contribution in [0, 0.1) is 17.8 Å². The van der Waals surface area contributed by atoms with Gasteiger partial charge in [-0.3, -0.25) is 28.8 Å². The van der Waals surface area contributed by atoms with Gasteiger partial charge in [0.25, 0.3) is 0 Å². The highest BCUT2D eigenvalue weighted by Gasteiger charge is 2.56. The topological polar surface area (TPSA) is 178 Å². The molecule has 1 N–H and O–H groups in total. The molecule has 13 heteroatoms. The number of carbonyl (C=O) groups is 6. The number of Topliss-reactive ketones (excluding diaryl/α,β-unsaturated/α-hetero) is 2. The summed E-state index contributed by atoms with van der Waals surface area (Å²) in [7, 11) is 1.45. The molecule has 3 aliphatic carbocycles. The van der Waals surface area contributed by atoms with Crippen molar-refractivity contribution in [3.8, 4) is 5.75 Å². The van der Waals surface area contributed by atoms with Gasteiger partial charge in [0.1, 0.15) is 30.7 Å². The van der Waals surface area contributed by atoms with Gasteiger partial charge in [-0.2, -0.15) is 0 Å². The SMILES string of the molecule is CO[C@@H]1C=C2CCC[C@@H](OC(C)=O)[C@@H]2[C@@H]2C(=O)c3ccc([C@H]4C[C@@H](OC(C)=O)[C@H](OC(C)=O)[C@@H](COC(C)=O)O4)c(O)c3C(=O)[C@@H]21. The number of methoxy groups -OCH3 is 1. The zero-order valence-corrected chi connectivity index (χ0v) is 26.3. The maximum absolute atomic E-state index is 14.3. The van der Waals surface area contributed by atoms with Crippen LogP contribution in [0.15, 0.2) is 23.8 Å². The second kappa shape index (κ2) is 13.3. The fraction of sp³-hybridized carbons (Fsp3) is 0.576. The summed E-state index contributed by atoms with van der Waals surface area (Å²) in [5.74, 6) is -6.17. The molecule has 13 nitrogen and oxygen atoms in total. The summed E-state index contributed by atoms with van der Waals surface area (Å²) in [4.78, 5) is 76.0. The fourth-order valence-corrected chi connectivity index (χ4v) is 7.49. The molecule has 2 fully saturated rings. The molecule has 1 aromatic carbocycles. The zero-order valence-electron chi connectivity index (χ0n) is 26.3. The molecule has 4 aliphatic rings. The highest BCUT2D eigenvalue weighted by atomic mass is 16.6. The van der Waals surface area contributed by atoms with Crippen molar-refractivity contribution in [3.63, 3.8) is 0 Å². The van der Waals surface area contributed by atoms with Crippen molar-refractivity contribution in [3.05, 3.63) is 40.5 Å². The number of aromatic hydroxyl groups is 1. The largest absolute Gasteiger partial charge is 0.507 e. The summed E-state index contributed by atoms with van der Waals surface area (Å²) in [5.41, 5.74) is 0.872. The quantitative estimate of drug-likeness (QED) is 0.261. The normalized spacial score (nSPS) is 31.8. The van der Waals surface area contributed by atoms with Crippen LogP contribution < -0.4 is 0 Å². The van der Waals surface area contributed by atoms with Crippen LogP contribution in [0.3, 0.4) is 0 Å². The van der Waals surface area contributed by atoms with E-state index in [0.717, 1.165) is 12.0 Å². The smallest absolute Gasteiger partial charge is 0.303 e. The highest BCUT2D eigenvalue weighted by Crippen LogP contribution is 2.52. The Morgan fingerprint density at radius 2 is 1.54 bits per heavy atom. The number of ketones is 2. The maximum Gasteiger partial charge on any atom is 0.303 e. The van der Waals surface area contributed by atoms with Crippen molar-refractivity contribution in [1.29, 1.82) is 0 Å². The molecule has 1 aromatic rings. The van der Waals surface area contributed by atoms with E-state index in [1.807, 2.05) is 6.08 Å². The van der Waals surface area contributed by atoms with E-state index in [-0.39, 0.29) is 35.5 Å². The number of benzene rings is 1. The van der Waals surface area contributed by atoms with Crippen molar-refractivity contribution in [2.45, 2.75) is 90.0 Å². The number of rotatable bonds is 7. The molecule has 1 saturated heterocycles. The third-order valence-corrected chi connectivity index (χ3v) is 9.14. The lowest BCUT2D eigenvalue weighted by atomic mass is 9.58. The van der Waals surface area contributed by atoms with E-state index in [2.05, 4.69) is 0 Å². The Morgan fingerprint density at radius 1 is 0.870 bits per heavy atom. The molecule has 0 bridgehead atoms. The lowest BCUT2D eigenvalue weighted by Gasteiger charge is -2.47. The van der Waals surface area contributed by atoms with Crippen molar-refractivity contribution in [2.75, 3.05) is 13.7 Å². The van der Waals surface area contributed by atoms with E-state index in [1.54, 1.807) is 0 Å². The first-order chi connectivity index (χ1) is 21.8. The van der Waals surface area contributed by atoms with Crippen LogP contribution >= 0.6 is 0 Å². The summed E-state index contributed by atoms with van der Waals surface area (Å²) in [5, 5.41) is 11.7. The van der Waals surface area contributed by atoms with Crippen LogP contribution in [0.25, 0.3) is 0 Å². The van der Waals surface area contributed by atoms with Gasteiger partial charge >= 0.3 is 23.9 Å². The van der Waals surface area contributed by atoms with Crippen LogP contribution in [-0.2, 0) is 47.6 Å². The Kier molecular flexibility index (Phi) is 9.64. The van der Waals surface area contributed by atoms with E-state index < -0.39 is 89.8 Å². The molecule has 0 spiro atoms. The molecule has 0 radical (unpaired) electrons. The first-order valence-corrected chi connectivity index (χ1v) is 15.3. The molecule has 0 amide bonds. The molecule has 9 atom stereocenters. The van der Waals surface area contributed by atoms with Gasteiger partial charge in [0.15, 0.2) is 17.7 Å². The van der Waals surface area contributed by atoms with Crippen LogP contribution in [-0.4, -0.2) is 84.8 Å². The number of fused-ring (bicyclic) bond motifs is 4. The van der Waals surface area contributed by atoms with Crippen LogP contribution in [0.1, 0.15) is 85.8 Å². The average molecular weight is 643 g/mol. The maximum atomic E-state index is 14.3. The molecule has 1 aliphatic heterocycles. The number of phenolic OH excluding ortho intramolecular Hbond substituents is 1. The second-order valence-electron chi connectivity index (χ2n) is 12.1. The Bertz CT molecular complexity index is 1480. The van der Waals surface area contributed by atoms with Gasteiger partial charge in [0, 0.05) is 64.2 Å². The minimum atomic E-state index is -1.13. The van der Waals surface area contributed by atoms with Gasteiger partial charge in [-0.05, 0) is 19.3 Å². The fourth-order valence-electron chi connectivity index (χ4n) is 7.49. The molecule has 46 heavy (non-hydrogen) atoms. The van der Waals surface area contributed by atoms with E-state index in [9.17, 15) is 33.9 Å². The Hall–Kier alpha value is -4.10. The summed E-state index contributed by atoms with van der Waals surface area (Å²) in [6.45, 7) is 4.49. The molecule has 0 aromatic heterocycles. The summed E-state index contributed by atoms with van der Waals surface area (Å²) in [6, 6.07) is 2.91. The van der Waals surface area contributed by atoms with Gasteiger partial charge in [-0.1, -0.05) is 23.8 Å². The monoisotopic (exact) mass is 642 g/mol. The van der Waals surface area contributed by atoms with Crippen LogP contribution in [0.5, 0.6) is 5.75 Å². The number of ether oxygens (including phenoxy) is 6. The van der Waals surface area contributed by atoms with Gasteiger partial charge in [0.2, 0.25) is 0 Å². The molecular weight excluding hydrogens is 604 g/mol. The minimum absolute atomic E-state index is 0.0253. The Morgan fingerprint density at radius 3 is 2.17 bits per heavy atom. The standard InChI is InChI=1S/C33H38O13/c1-14(34)42-13-25-33(45-17(4)37)24(44-16(3)36)12-22(46-25)19-9-10-20-27(30(19)38)32(40)28-23(41-5)11-18-7-6-8-21(43-15(2)35)26(18)29(28)31(20)39/h9-11,21-26,28-29,33,38H,6-8,12-13H2,1-5H3/t21-,22-,23-,24-,25-,26-,28-,29+,33+/m1/s1. The molecule has 1 saturated carbocycles. The van der Waals surface area contributed by atoms with E-state index in [1.165, 1.54) is 46.9 Å². The summed E-state index contributed by atoms with van der Waals surface area (Å²) < 4.78 is 33.5. The molecule has 248 valence electrons. The molecular formula is C33H38O13. The van der Waals surface area contributed by atoms with Gasteiger partial charge in [0.05, 0.1) is 23.7 Å². The Balaban J connectivity index is 1.54. The zero-order chi connectivity index (χ0) is 33.4. The van der Waals surface area contributed by atoms with E-state index in [0.29, 0.717) is 12.8 Å². The lowest BCUT2D eigenvalue weighted by molar-refractivity contribution is -0.216. The van der Waals surface area contributed by atoms with Crippen molar-refractivity contribution in [2.24, 2.45) is 17.8 Å². The molecule has 1 heterocycles. The number of carbonyl (C=O) groups excluding carboxylic acids is 6. The third kappa shape index (κ3) is 6.30. The van der Waals surface area contributed by atoms with Gasteiger partial charge in [-0.15, -0.1) is 0 Å². The van der Waals surface area contributed by atoms with Crippen molar-refractivity contribution >= 4 is 35.4 Å². The molecule has 5 rings (SSSR count). The third-order valence-electron chi connectivity index (χ3n) is 9.14. The number of phenols is 1. The minimum Gasteiger partial charge on any atom is -0.507 e. The predicted octanol–water partition coefficient (Wildman–Crippen LogP) is 2.95. The van der Waals surface area contributed by atoms with Crippen molar-refractivity contribution < 1.29 is 62.3 Å². The van der Waals surface area contributed by atoms with Crippen molar-refractivity contribution in [1.82, 2.24) is 0 Å². The summed E-state index contributed by atoms with van der Waals surface area (Å²) >= 11 is 0. The highest BCUT2D eigenvalue weighted by molar-refractivity contribution is 6.18. The van der Waals surface area contributed by atoms with Gasteiger partial charge < -0.3 is 33.5 Å². The summed E-state index contributed by atoms with van der Waals surface area (Å²) in [6.07, 6.45) is -1.92. The lowest BCUT2D eigenvalue weighted by Crippen LogP contribution is -2.53.